The van der Waals surface area contributed by atoms with Crippen molar-refractivity contribution in [3.63, 3.8) is 0 Å². The van der Waals surface area contributed by atoms with E-state index in [0.717, 1.165) is 37.3 Å². The van der Waals surface area contributed by atoms with Crippen LogP contribution in [0.15, 0.2) is 35.4 Å². The summed E-state index contributed by atoms with van der Waals surface area (Å²) < 4.78 is 5.08. The summed E-state index contributed by atoms with van der Waals surface area (Å²) in [6, 6.07) is 5.62. The van der Waals surface area contributed by atoms with Crippen LogP contribution < -0.4 is 11.0 Å². The van der Waals surface area contributed by atoms with Crippen LogP contribution in [0.1, 0.15) is 35.6 Å². The Kier molecular flexibility index (Phi) is 4.09. The maximum atomic E-state index is 12.2. The molecule has 130 valence electrons. The third-order valence-corrected chi connectivity index (χ3v) is 4.46. The van der Waals surface area contributed by atoms with Crippen molar-refractivity contribution >= 4 is 11.6 Å². The monoisotopic (exact) mass is 340 g/mol. The number of carbonyl (C=O) groups excluding carboxylic acids is 1. The molecule has 0 spiro atoms. The summed E-state index contributed by atoms with van der Waals surface area (Å²) in [6.07, 6.45) is 7.20. The maximum absolute atomic E-state index is 12.2. The lowest BCUT2D eigenvalue weighted by Crippen LogP contribution is -2.29. The van der Waals surface area contributed by atoms with Crippen LogP contribution in [0.25, 0.3) is 5.65 Å². The number of carbonyl (C=O) groups is 1. The Morgan fingerprint density at radius 2 is 2.20 bits per heavy atom. The Balaban J connectivity index is 1.33. The van der Waals surface area contributed by atoms with Crippen molar-refractivity contribution in [2.75, 3.05) is 6.54 Å². The van der Waals surface area contributed by atoms with Crippen molar-refractivity contribution in [1.29, 1.82) is 0 Å². The first-order valence-electron chi connectivity index (χ1n) is 8.61. The molecule has 25 heavy (non-hydrogen) atoms. The lowest BCUT2D eigenvalue weighted by Gasteiger charge is -2.09. The fourth-order valence-corrected chi connectivity index (χ4v) is 3.16. The first kappa shape index (κ1) is 15.6. The van der Waals surface area contributed by atoms with Crippen LogP contribution in [0.5, 0.6) is 0 Å². The molecule has 0 saturated carbocycles. The number of hydrogen-bond donors (Lipinski definition) is 1. The molecule has 4 heterocycles. The average molecular weight is 340 g/mol. The summed E-state index contributed by atoms with van der Waals surface area (Å²) in [7, 11) is 0. The molecule has 0 aromatic carbocycles. The van der Waals surface area contributed by atoms with E-state index in [4.69, 9.17) is 0 Å². The Bertz CT molecular complexity index is 934. The van der Waals surface area contributed by atoms with Gasteiger partial charge in [-0.25, -0.2) is 14.5 Å². The highest BCUT2D eigenvalue weighted by molar-refractivity contribution is 5.92. The van der Waals surface area contributed by atoms with E-state index in [1.165, 1.54) is 4.68 Å². The van der Waals surface area contributed by atoms with Crippen LogP contribution in [0.4, 0.5) is 0 Å². The smallest absolute Gasteiger partial charge is 0.345 e. The number of rotatable bonds is 5. The second-order valence-corrected chi connectivity index (χ2v) is 6.23. The lowest BCUT2D eigenvalue weighted by molar-refractivity contribution is 0.0948. The number of nitrogens with zero attached hydrogens (tertiary/aromatic N) is 5. The number of imidazole rings is 1. The molecule has 8 nitrogen and oxygen atoms in total. The molecule has 1 aliphatic rings. The van der Waals surface area contributed by atoms with Crippen molar-refractivity contribution < 1.29 is 4.79 Å². The number of amides is 1. The number of aryl methyl sites for hydroxylation is 2. The standard InChI is InChI=1S/C17H20N6O2/c24-16(13-12-21-9-3-1-6-14(21)19-13)18-8-5-11-23-17(25)22-10-4-2-7-15(22)20-23/h1,3,6,9,12H,2,4-5,7-8,10-11H2,(H,18,24). The largest absolute Gasteiger partial charge is 0.351 e. The Labute approximate surface area is 144 Å². The zero-order valence-electron chi connectivity index (χ0n) is 13.9. The van der Waals surface area contributed by atoms with Gasteiger partial charge in [-0.2, -0.15) is 5.10 Å². The highest BCUT2D eigenvalue weighted by Gasteiger charge is 2.16. The van der Waals surface area contributed by atoms with Crippen LogP contribution in [-0.2, 0) is 19.5 Å². The van der Waals surface area contributed by atoms with Crippen molar-refractivity contribution in [2.45, 2.75) is 38.8 Å². The molecule has 0 fully saturated rings. The van der Waals surface area contributed by atoms with E-state index in [2.05, 4.69) is 15.4 Å². The topological polar surface area (TPSA) is 86.2 Å². The molecular formula is C17H20N6O2. The molecule has 0 unspecified atom stereocenters. The van der Waals surface area contributed by atoms with Crippen molar-refractivity contribution in [2.24, 2.45) is 0 Å². The van der Waals surface area contributed by atoms with Gasteiger partial charge in [0.2, 0.25) is 0 Å². The Morgan fingerprint density at radius 3 is 3.04 bits per heavy atom. The summed E-state index contributed by atoms with van der Waals surface area (Å²) in [5.41, 5.74) is 1.09. The molecule has 4 rings (SSSR count). The van der Waals surface area contributed by atoms with Gasteiger partial charge in [-0.15, -0.1) is 0 Å². The van der Waals surface area contributed by atoms with Crippen molar-refractivity contribution in [3.8, 4) is 0 Å². The van der Waals surface area contributed by atoms with Gasteiger partial charge in [-0.05, 0) is 31.4 Å². The molecule has 0 bridgehead atoms. The highest BCUT2D eigenvalue weighted by atomic mass is 16.2. The average Bonchev–Trinajstić information content (AvgIpc) is 3.20. The predicted octanol–water partition coefficient (Wildman–Crippen LogP) is 0.849. The molecule has 0 aliphatic carbocycles. The third-order valence-electron chi connectivity index (χ3n) is 4.46. The zero-order chi connectivity index (χ0) is 17.2. The highest BCUT2D eigenvalue weighted by Crippen LogP contribution is 2.09. The van der Waals surface area contributed by atoms with Gasteiger partial charge >= 0.3 is 5.69 Å². The first-order valence-corrected chi connectivity index (χ1v) is 8.61. The quantitative estimate of drug-likeness (QED) is 0.698. The molecule has 0 radical (unpaired) electrons. The van der Waals surface area contributed by atoms with Gasteiger partial charge in [0.15, 0.2) is 0 Å². The van der Waals surface area contributed by atoms with Gasteiger partial charge in [0.25, 0.3) is 5.91 Å². The Morgan fingerprint density at radius 1 is 1.28 bits per heavy atom. The summed E-state index contributed by atoms with van der Waals surface area (Å²) in [6.45, 7) is 1.74. The number of hydrogen-bond acceptors (Lipinski definition) is 4. The molecule has 1 N–H and O–H groups in total. The number of fused-ring (bicyclic) bond motifs is 2. The van der Waals surface area contributed by atoms with Crippen LogP contribution in [0.3, 0.4) is 0 Å². The van der Waals surface area contributed by atoms with E-state index < -0.39 is 0 Å². The van der Waals surface area contributed by atoms with Crippen LogP contribution in [-0.4, -0.2) is 36.2 Å². The number of pyridine rings is 1. The second kappa shape index (κ2) is 6.54. The van der Waals surface area contributed by atoms with E-state index in [1.54, 1.807) is 10.8 Å². The zero-order valence-corrected chi connectivity index (χ0v) is 13.9. The van der Waals surface area contributed by atoms with Crippen molar-refractivity contribution in [1.82, 2.24) is 29.0 Å². The number of aromatic nitrogens is 5. The van der Waals surface area contributed by atoms with E-state index >= 15 is 0 Å². The summed E-state index contributed by atoms with van der Waals surface area (Å²) in [5, 5.41) is 7.24. The van der Waals surface area contributed by atoms with Gasteiger partial charge < -0.3 is 9.72 Å². The summed E-state index contributed by atoms with van der Waals surface area (Å²) in [5.74, 6) is 0.671. The van der Waals surface area contributed by atoms with Gasteiger partial charge in [-0.3, -0.25) is 9.36 Å². The molecule has 0 atom stereocenters. The van der Waals surface area contributed by atoms with Gasteiger partial charge in [0, 0.05) is 38.4 Å². The molecule has 8 heteroatoms. The summed E-state index contributed by atoms with van der Waals surface area (Å²) >= 11 is 0. The SMILES string of the molecule is O=C(NCCCn1nc2n(c1=O)CCCC2)c1cn2ccccc2n1. The molecule has 0 saturated heterocycles. The van der Waals surface area contributed by atoms with Crippen LogP contribution in [0, 0.1) is 0 Å². The number of nitrogens with one attached hydrogen (secondary N) is 1. The van der Waals surface area contributed by atoms with E-state index in [9.17, 15) is 9.59 Å². The molecule has 1 aliphatic heterocycles. The molecule has 1 amide bonds. The molecule has 3 aromatic rings. The second-order valence-electron chi connectivity index (χ2n) is 6.23. The maximum Gasteiger partial charge on any atom is 0.345 e. The molecule has 3 aromatic heterocycles. The third kappa shape index (κ3) is 3.07. The lowest BCUT2D eigenvalue weighted by atomic mass is 10.2. The van der Waals surface area contributed by atoms with Gasteiger partial charge in [0.05, 0.1) is 0 Å². The molecular weight excluding hydrogens is 320 g/mol. The van der Waals surface area contributed by atoms with Crippen LogP contribution >= 0.6 is 0 Å². The summed E-state index contributed by atoms with van der Waals surface area (Å²) in [4.78, 5) is 28.7. The minimum Gasteiger partial charge on any atom is -0.351 e. The fourth-order valence-electron chi connectivity index (χ4n) is 3.16. The van der Waals surface area contributed by atoms with E-state index in [-0.39, 0.29) is 11.6 Å². The minimum absolute atomic E-state index is 0.0404. The van der Waals surface area contributed by atoms with E-state index in [0.29, 0.717) is 25.2 Å². The van der Waals surface area contributed by atoms with E-state index in [1.807, 2.05) is 28.8 Å². The normalized spacial score (nSPS) is 13.8. The first-order chi connectivity index (χ1) is 12.2. The van der Waals surface area contributed by atoms with Crippen LogP contribution in [0.2, 0.25) is 0 Å². The van der Waals surface area contributed by atoms with Crippen molar-refractivity contribution in [3.05, 3.63) is 52.6 Å². The minimum atomic E-state index is -0.208. The van der Waals surface area contributed by atoms with Gasteiger partial charge in [0.1, 0.15) is 17.2 Å². The van der Waals surface area contributed by atoms with Gasteiger partial charge in [-0.1, -0.05) is 6.07 Å². The Hall–Kier alpha value is -2.90. The predicted molar refractivity (Wildman–Crippen MR) is 91.6 cm³/mol. The fraction of sp³-hybridized carbons (Fsp3) is 0.412.